The Bertz CT molecular complexity index is 1110. The zero-order valence-electron chi connectivity index (χ0n) is 20.1. The lowest BCUT2D eigenvalue weighted by Crippen LogP contribution is -2.36. The van der Waals surface area contributed by atoms with Crippen LogP contribution in [0, 0.1) is 0 Å². The number of nitrogens with one attached hydrogen (secondary N) is 1. The van der Waals surface area contributed by atoms with Gasteiger partial charge < -0.3 is 23.8 Å². The third-order valence-corrected chi connectivity index (χ3v) is 6.39. The Kier molecular flexibility index (Phi) is 9.28. The molecule has 0 fully saturated rings. The average molecular weight is 495 g/mol. The molecule has 0 saturated heterocycles. The number of amides is 1. The van der Waals surface area contributed by atoms with E-state index in [1.165, 1.54) is 51.5 Å². The van der Waals surface area contributed by atoms with Crippen LogP contribution < -0.4 is 18.9 Å². The van der Waals surface area contributed by atoms with Gasteiger partial charge in [0.2, 0.25) is 10.0 Å². The van der Waals surface area contributed by atoms with E-state index in [0.717, 1.165) is 0 Å². The Morgan fingerprint density at radius 3 is 2.06 bits per heavy atom. The molecule has 0 aliphatic carbocycles. The van der Waals surface area contributed by atoms with Crippen LogP contribution in [0.1, 0.15) is 29.8 Å². The smallest absolute Gasteiger partial charge is 0.325 e. The molecule has 1 N–H and O–H groups in total. The van der Waals surface area contributed by atoms with Crippen LogP contribution in [0.15, 0.2) is 41.3 Å². The molecule has 0 aromatic heterocycles. The fourth-order valence-corrected chi connectivity index (χ4v) is 4.62. The van der Waals surface area contributed by atoms with E-state index in [0.29, 0.717) is 17.1 Å². The fraction of sp³-hybridized carbons (Fsp3) is 0.391. The predicted octanol–water partition coefficient (Wildman–Crippen LogP) is 2.21. The van der Waals surface area contributed by atoms with Gasteiger partial charge in [0.05, 0.1) is 28.4 Å². The van der Waals surface area contributed by atoms with Crippen molar-refractivity contribution in [1.29, 1.82) is 0 Å². The summed E-state index contributed by atoms with van der Waals surface area (Å²) in [5.74, 6) is -0.0987. The number of benzene rings is 2. The third kappa shape index (κ3) is 6.84. The van der Waals surface area contributed by atoms with Crippen molar-refractivity contribution in [3.05, 3.63) is 47.5 Å². The number of nitrogens with zero attached hydrogens (tertiary/aromatic N) is 1. The van der Waals surface area contributed by atoms with Crippen molar-refractivity contribution in [1.82, 2.24) is 9.62 Å². The molecule has 1 amide bonds. The summed E-state index contributed by atoms with van der Waals surface area (Å²) in [7, 11) is 1.60. The molecule has 2 aromatic carbocycles. The second-order valence-corrected chi connectivity index (χ2v) is 9.28. The van der Waals surface area contributed by atoms with E-state index in [-0.39, 0.29) is 35.3 Å². The van der Waals surface area contributed by atoms with Crippen LogP contribution in [0.4, 0.5) is 0 Å². The van der Waals surface area contributed by atoms with Crippen molar-refractivity contribution in [2.24, 2.45) is 0 Å². The first kappa shape index (κ1) is 26.9. The minimum atomic E-state index is -3.96. The highest BCUT2D eigenvalue weighted by atomic mass is 32.2. The summed E-state index contributed by atoms with van der Waals surface area (Å²) in [6, 6.07) is 8.78. The Morgan fingerprint density at radius 2 is 1.56 bits per heavy atom. The Labute approximate surface area is 199 Å². The average Bonchev–Trinajstić information content (AvgIpc) is 2.81. The van der Waals surface area contributed by atoms with E-state index in [4.69, 9.17) is 18.9 Å². The fourth-order valence-electron chi connectivity index (χ4n) is 3.17. The SMILES string of the molecule is COC(=O)CN(Cc1cc(OC)cc(OC)c1)C(=O)c1ccc(OC)c(S(=O)(=O)NC(C)C)c1. The minimum absolute atomic E-state index is 0.0137. The molecule has 0 radical (unpaired) electrons. The third-order valence-electron chi connectivity index (χ3n) is 4.71. The number of hydrogen-bond acceptors (Lipinski definition) is 8. The van der Waals surface area contributed by atoms with Gasteiger partial charge in [0.15, 0.2) is 0 Å². The molecule has 0 unspecified atom stereocenters. The lowest BCUT2D eigenvalue weighted by atomic mass is 10.1. The molecule has 2 rings (SSSR count). The highest BCUT2D eigenvalue weighted by Gasteiger charge is 2.26. The number of ether oxygens (including phenoxy) is 4. The molecule has 0 spiro atoms. The first-order valence-electron chi connectivity index (χ1n) is 10.3. The van der Waals surface area contributed by atoms with Crippen molar-refractivity contribution >= 4 is 21.9 Å². The first-order valence-corrected chi connectivity index (χ1v) is 11.8. The maximum atomic E-state index is 13.4. The van der Waals surface area contributed by atoms with Crippen LogP contribution in [0.25, 0.3) is 0 Å². The lowest BCUT2D eigenvalue weighted by molar-refractivity contribution is -0.141. The first-order chi connectivity index (χ1) is 16.0. The predicted molar refractivity (Wildman–Crippen MR) is 125 cm³/mol. The van der Waals surface area contributed by atoms with Crippen molar-refractivity contribution < 1.29 is 37.0 Å². The molecular weight excluding hydrogens is 464 g/mol. The molecule has 0 aliphatic rings. The van der Waals surface area contributed by atoms with Crippen molar-refractivity contribution in [3.63, 3.8) is 0 Å². The Morgan fingerprint density at radius 1 is 0.941 bits per heavy atom. The van der Waals surface area contributed by atoms with Gasteiger partial charge in [-0.15, -0.1) is 0 Å². The van der Waals surface area contributed by atoms with Gasteiger partial charge in [-0.2, -0.15) is 0 Å². The lowest BCUT2D eigenvalue weighted by Gasteiger charge is -2.23. The van der Waals surface area contributed by atoms with Gasteiger partial charge in [-0.3, -0.25) is 9.59 Å². The number of rotatable bonds is 11. The summed E-state index contributed by atoms with van der Waals surface area (Å²) >= 11 is 0. The molecular formula is C23H30N2O8S. The molecule has 0 saturated carbocycles. The molecule has 10 nitrogen and oxygen atoms in total. The minimum Gasteiger partial charge on any atom is -0.497 e. The van der Waals surface area contributed by atoms with Crippen LogP contribution in [0.3, 0.4) is 0 Å². The van der Waals surface area contributed by atoms with Gasteiger partial charge in [0, 0.05) is 24.2 Å². The Hall–Kier alpha value is -3.31. The number of esters is 1. The maximum absolute atomic E-state index is 13.4. The van der Waals surface area contributed by atoms with E-state index in [1.807, 2.05) is 0 Å². The molecule has 186 valence electrons. The quantitative estimate of drug-likeness (QED) is 0.472. The van der Waals surface area contributed by atoms with Crippen molar-refractivity contribution in [3.8, 4) is 17.2 Å². The van der Waals surface area contributed by atoms with Gasteiger partial charge in [-0.1, -0.05) is 0 Å². The molecule has 2 aromatic rings. The van der Waals surface area contributed by atoms with E-state index in [1.54, 1.807) is 32.0 Å². The monoisotopic (exact) mass is 494 g/mol. The van der Waals surface area contributed by atoms with Crippen molar-refractivity contribution in [2.75, 3.05) is 35.0 Å². The van der Waals surface area contributed by atoms with Crippen LogP contribution in [0.5, 0.6) is 17.2 Å². The second-order valence-electron chi connectivity index (χ2n) is 7.60. The van der Waals surface area contributed by atoms with E-state index in [2.05, 4.69) is 4.72 Å². The molecule has 11 heteroatoms. The summed E-state index contributed by atoms with van der Waals surface area (Å²) in [6.07, 6.45) is 0. The summed E-state index contributed by atoms with van der Waals surface area (Å²) in [5.41, 5.74) is 0.694. The normalized spacial score (nSPS) is 11.1. The van der Waals surface area contributed by atoms with Crippen LogP contribution in [0.2, 0.25) is 0 Å². The number of hydrogen-bond donors (Lipinski definition) is 1. The van der Waals surface area contributed by atoms with Crippen LogP contribution in [-0.2, 0) is 26.1 Å². The number of carbonyl (C=O) groups is 2. The second kappa shape index (κ2) is 11.7. The highest BCUT2D eigenvalue weighted by Crippen LogP contribution is 2.27. The molecule has 0 bridgehead atoms. The van der Waals surface area contributed by atoms with Crippen LogP contribution >= 0.6 is 0 Å². The van der Waals surface area contributed by atoms with Gasteiger partial charge >= 0.3 is 5.97 Å². The van der Waals surface area contributed by atoms with E-state index >= 15 is 0 Å². The zero-order chi connectivity index (χ0) is 25.5. The summed E-state index contributed by atoms with van der Waals surface area (Å²) < 4.78 is 48.6. The van der Waals surface area contributed by atoms with Gasteiger partial charge in [0.25, 0.3) is 5.91 Å². The topological polar surface area (TPSA) is 120 Å². The summed E-state index contributed by atoms with van der Waals surface area (Å²) in [4.78, 5) is 26.5. The zero-order valence-corrected chi connectivity index (χ0v) is 20.9. The Balaban J connectivity index is 2.50. The molecule has 34 heavy (non-hydrogen) atoms. The summed E-state index contributed by atoms with van der Waals surface area (Å²) in [6.45, 7) is 3.02. The summed E-state index contributed by atoms with van der Waals surface area (Å²) in [5, 5.41) is 0. The number of carbonyl (C=O) groups excluding carboxylic acids is 2. The highest BCUT2D eigenvalue weighted by molar-refractivity contribution is 7.89. The number of sulfonamides is 1. The van der Waals surface area contributed by atoms with Crippen LogP contribution in [-0.4, -0.2) is 66.2 Å². The standard InChI is InChI=1S/C23H30N2O8S/c1-15(2)24-34(28,29)21-11-17(7-8-20(21)32-5)23(27)25(14-22(26)33-6)13-16-9-18(30-3)12-19(10-16)31-4/h7-12,15,24H,13-14H2,1-6H3. The largest absolute Gasteiger partial charge is 0.497 e. The van der Waals surface area contributed by atoms with E-state index in [9.17, 15) is 18.0 Å². The van der Waals surface area contributed by atoms with Gasteiger partial charge in [-0.25, -0.2) is 13.1 Å². The van der Waals surface area contributed by atoms with Gasteiger partial charge in [0.1, 0.15) is 28.7 Å². The van der Waals surface area contributed by atoms with E-state index < -0.39 is 21.9 Å². The molecule has 0 heterocycles. The number of methoxy groups -OCH3 is 4. The maximum Gasteiger partial charge on any atom is 0.325 e. The molecule has 0 aliphatic heterocycles. The van der Waals surface area contributed by atoms with Crippen molar-refractivity contribution in [2.45, 2.75) is 31.3 Å². The molecule has 0 atom stereocenters. The van der Waals surface area contributed by atoms with Gasteiger partial charge in [-0.05, 0) is 49.7 Å².